The lowest BCUT2D eigenvalue weighted by Gasteiger charge is -2.16. The summed E-state index contributed by atoms with van der Waals surface area (Å²) < 4.78 is 103. The van der Waals surface area contributed by atoms with Gasteiger partial charge >= 0.3 is 12.1 Å². The SMILES string of the molecule is O=C(OCc1ccccc1)c1ccc(Oc2c(F)c(F)c(F)c(F)c2C(F)(F)F)cc1. The van der Waals surface area contributed by atoms with Crippen LogP contribution in [-0.2, 0) is 17.5 Å². The molecule has 0 aliphatic heterocycles. The minimum Gasteiger partial charge on any atom is -0.457 e. The number of hydrogen-bond acceptors (Lipinski definition) is 3. The van der Waals surface area contributed by atoms with Gasteiger partial charge in [-0.1, -0.05) is 30.3 Å². The molecular weight excluding hydrogens is 433 g/mol. The first-order chi connectivity index (χ1) is 14.6. The fourth-order valence-corrected chi connectivity index (χ4v) is 2.54. The van der Waals surface area contributed by atoms with Crippen molar-refractivity contribution in [1.29, 1.82) is 0 Å². The molecule has 0 saturated heterocycles. The molecule has 0 heterocycles. The van der Waals surface area contributed by atoms with E-state index >= 15 is 0 Å². The Morgan fingerprint density at radius 2 is 1.35 bits per heavy atom. The number of halogens is 7. The highest BCUT2D eigenvalue weighted by Crippen LogP contribution is 2.43. The summed E-state index contributed by atoms with van der Waals surface area (Å²) in [5.74, 6) is -13.2. The molecule has 0 aliphatic rings. The first-order valence-electron chi connectivity index (χ1n) is 8.51. The van der Waals surface area contributed by atoms with E-state index in [1.54, 1.807) is 30.3 Å². The Kier molecular flexibility index (Phi) is 6.19. The third-order valence-corrected chi connectivity index (χ3v) is 4.03. The van der Waals surface area contributed by atoms with Gasteiger partial charge in [0.25, 0.3) is 0 Å². The van der Waals surface area contributed by atoms with Crippen LogP contribution >= 0.6 is 0 Å². The molecule has 3 aromatic rings. The molecule has 162 valence electrons. The van der Waals surface area contributed by atoms with Crippen LogP contribution in [0.3, 0.4) is 0 Å². The third kappa shape index (κ3) is 4.79. The molecular formula is C21H11F7O3. The summed E-state index contributed by atoms with van der Waals surface area (Å²) in [6.07, 6.45) is -5.57. The Morgan fingerprint density at radius 3 is 1.94 bits per heavy atom. The van der Waals surface area contributed by atoms with Crippen LogP contribution in [0.25, 0.3) is 0 Å². The molecule has 0 amide bonds. The smallest absolute Gasteiger partial charge is 0.423 e. The van der Waals surface area contributed by atoms with E-state index < -0.39 is 52.5 Å². The van der Waals surface area contributed by atoms with Crippen LogP contribution in [-0.4, -0.2) is 5.97 Å². The van der Waals surface area contributed by atoms with Gasteiger partial charge in [0.05, 0.1) is 5.56 Å². The van der Waals surface area contributed by atoms with Crippen molar-refractivity contribution >= 4 is 5.97 Å². The Labute approximate surface area is 170 Å². The van der Waals surface area contributed by atoms with Gasteiger partial charge in [0, 0.05) is 0 Å². The summed E-state index contributed by atoms with van der Waals surface area (Å²) in [6, 6.07) is 12.8. The van der Waals surface area contributed by atoms with E-state index in [1.165, 1.54) is 0 Å². The maximum absolute atomic E-state index is 13.9. The van der Waals surface area contributed by atoms with Gasteiger partial charge in [0.1, 0.15) is 17.9 Å². The van der Waals surface area contributed by atoms with Gasteiger partial charge in [0.2, 0.25) is 11.6 Å². The fourth-order valence-electron chi connectivity index (χ4n) is 2.54. The number of carbonyl (C=O) groups is 1. The summed E-state index contributed by atoms with van der Waals surface area (Å²) >= 11 is 0. The molecule has 3 nitrogen and oxygen atoms in total. The zero-order valence-corrected chi connectivity index (χ0v) is 15.3. The van der Waals surface area contributed by atoms with Gasteiger partial charge < -0.3 is 9.47 Å². The third-order valence-electron chi connectivity index (χ3n) is 4.03. The second-order valence-electron chi connectivity index (χ2n) is 6.15. The van der Waals surface area contributed by atoms with E-state index in [-0.39, 0.29) is 12.2 Å². The van der Waals surface area contributed by atoms with Crippen molar-refractivity contribution in [3.05, 3.63) is 94.6 Å². The van der Waals surface area contributed by atoms with Crippen molar-refractivity contribution in [2.75, 3.05) is 0 Å². The van der Waals surface area contributed by atoms with Crippen LogP contribution in [0.2, 0.25) is 0 Å². The van der Waals surface area contributed by atoms with Crippen molar-refractivity contribution in [2.24, 2.45) is 0 Å². The van der Waals surface area contributed by atoms with E-state index in [0.29, 0.717) is 5.56 Å². The van der Waals surface area contributed by atoms with E-state index in [0.717, 1.165) is 24.3 Å². The molecule has 0 radical (unpaired) electrons. The lowest BCUT2D eigenvalue weighted by Crippen LogP contribution is -2.15. The van der Waals surface area contributed by atoms with Crippen molar-refractivity contribution in [3.8, 4) is 11.5 Å². The van der Waals surface area contributed by atoms with Gasteiger partial charge in [-0.3, -0.25) is 0 Å². The van der Waals surface area contributed by atoms with Crippen molar-refractivity contribution in [3.63, 3.8) is 0 Å². The Morgan fingerprint density at radius 1 is 0.774 bits per heavy atom. The molecule has 0 bridgehead atoms. The van der Waals surface area contributed by atoms with Crippen molar-refractivity contribution in [2.45, 2.75) is 12.8 Å². The van der Waals surface area contributed by atoms with Gasteiger partial charge in [-0.05, 0) is 29.8 Å². The van der Waals surface area contributed by atoms with Crippen molar-refractivity contribution in [1.82, 2.24) is 0 Å². The molecule has 0 fully saturated rings. The van der Waals surface area contributed by atoms with Gasteiger partial charge in [-0.15, -0.1) is 0 Å². The van der Waals surface area contributed by atoms with Gasteiger partial charge in [-0.25, -0.2) is 18.0 Å². The molecule has 31 heavy (non-hydrogen) atoms. The molecule has 0 atom stereocenters. The van der Waals surface area contributed by atoms with Gasteiger partial charge in [-0.2, -0.15) is 17.6 Å². The molecule has 10 heteroatoms. The lowest BCUT2D eigenvalue weighted by molar-refractivity contribution is -0.141. The average molecular weight is 444 g/mol. The summed E-state index contributed by atoms with van der Waals surface area (Å²) in [6.45, 7) is -0.0355. The largest absolute Gasteiger partial charge is 0.457 e. The lowest BCUT2D eigenvalue weighted by atomic mass is 10.1. The molecule has 3 aromatic carbocycles. The maximum Gasteiger partial charge on any atom is 0.423 e. The number of carbonyl (C=O) groups excluding carboxylic acids is 1. The number of alkyl halides is 3. The van der Waals surface area contributed by atoms with Crippen LogP contribution in [0.4, 0.5) is 30.7 Å². The van der Waals surface area contributed by atoms with Gasteiger partial charge in [0.15, 0.2) is 17.4 Å². The van der Waals surface area contributed by atoms with Crippen molar-refractivity contribution < 1.29 is 45.0 Å². The zero-order valence-electron chi connectivity index (χ0n) is 15.3. The zero-order chi connectivity index (χ0) is 22.8. The van der Waals surface area contributed by atoms with E-state index in [2.05, 4.69) is 4.74 Å². The summed E-state index contributed by atoms with van der Waals surface area (Å²) in [5.41, 5.74) is -1.74. The number of hydrogen-bond donors (Lipinski definition) is 0. The van der Waals surface area contributed by atoms with Crippen LogP contribution in [0.15, 0.2) is 54.6 Å². The fraction of sp³-hybridized carbons (Fsp3) is 0.0952. The second-order valence-corrected chi connectivity index (χ2v) is 6.15. The first-order valence-corrected chi connectivity index (χ1v) is 8.51. The quantitative estimate of drug-likeness (QED) is 0.197. The number of ether oxygens (including phenoxy) is 2. The monoisotopic (exact) mass is 444 g/mol. The van der Waals surface area contributed by atoms with E-state index in [9.17, 15) is 35.5 Å². The summed E-state index contributed by atoms with van der Waals surface area (Å²) in [5, 5.41) is 0. The minimum absolute atomic E-state index is 0.0173. The predicted molar refractivity (Wildman–Crippen MR) is 93.4 cm³/mol. The average Bonchev–Trinajstić information content (AvgIpc) is 2.74. The standard InChI is InChI=1S/C21H11F7O3/c22-15-14(21(26,27)28)19(18(25)17(24)16(15)23)31-13-8-6-12(7-9-13)20(29)30-10-11-4-2-1-3-5-11/h1-9H,10H2. The van der Waals surface area contributed by atoms with Crippen LogP contribution < -0.4 is 4.74 Å². The Balaban J connectivity index is 1.82. The minimum atomic E-state index is -5.57. The number of benzene rings is 3. The highest BCUT2D eigenvalue weighted by atomic mass is 19.4. The molecule has 0 saturated carbocycles. The molecule has 0 aliphatic carbocycles. The number of esters is 1. The van der Waals surface area contributed by atoms with E-state index in [1.807, 2.05) is 0 Å². The van der Waals surface area contributed by atoms with Crippen LogP contribution in [0, 0.1) is 23.3 Å². The summed E-state index contributed by atoms with van der Waals surface area (Å²) in [4.78, 5) is 12.0. The van der Waals surface area contributed by atoms with E-state index in [4.69, 9.17) is 4.74 Å². The molecule has 0 N–H and O–H groups in total. The molecule has 0 unspecified atom stereocenters. The van der Waals surface area contributed by atoms with Crippen LogP contribution in [0.1, 0.15) is 21.5 Å². The topological polar surface area (TPSA) is 35.5 Å². The van der Waals surface area contributed by atoms with Crippen LogP contribution in [0.5, 0.6) is 11.5 Å². The maximum atomic E-state index is 13.9. The predicted octanol–water partition coefficient (Wildman–Crippen LogP) is 6.41. The molecule has 0 spiro atoms. The second kappa shape index (κ2) is 8.66. The number of rotatable bonds is 5. The Hall–Kier alpha value is -3.56. The normalized spacial score (nSPS) is 11.3. The molecule has 0 aromatic heterocycles. The molecule has 3 rings (SSSR count). The highest BCUT2D eigenvalue weighted by molar-refractivity contribution is 5.89. The first kappa shape index (κ1) is 22.1. The Bertz CT molecular complexity index is 1090. The highest BCUT2D eigenvalue weighted by Gasteiger charge is 2.43. The summed E-state index contributed by atoms with van der Waals surface area (Å²) in [7, 11) is 0.